The highest BCUT2D eigenvalue weighted by atomic mass is 35.5. The molecule has 0 aliphatic rings. The van der Waals surface area contributed by atoms with Crippen LogP contribution in [0.15, 0.2) is 65.5 Å². The van der Waals surface area contributed by atoms with Crippen LogP contribution in [0.1, 0.15) is 5.56 Å². The SMILES string of the molecule is Cc1ccc(-c2ccc(Cl)cc2)cc1-c1c(O)c2ccc(Cl)cc2[nH]c1=O. The van der Waals surface area contributed by atoms with Gasteiger partial charge in [0.15, 0.2) is 0 Å². The van der Waals surface area contributed by atoms with Gasteiger partial charge < -0.3 is 10.1 Å². The Kier molecular flexibility index (Phi) is 4.42. The lowest BCUT2D eigenvalue weighted by molar-refractivity contribution is 0.482. The van der Waals surface area contributed by atoms with Crippen molar-refractivity contribution in [3.8, 4) is 28.0 Å². The summed E-state index contributed by atoms with van der Waals surface area (Å²) in [6.07, 6.45) is 0. The Morgan fingerprint density at radius 3 is 2.26 bits per heavy atom. The number of aromatic nitrogens is 1. The molecule has 2 N–H and O–H groups in total. The number of benzene rings is 3. The van der Waals surface area contributed by atoms with Gasteiger partial charge in [-0.1, -0.05) is 47.5 Å². The summed E-state index contributed by atoms with van der Waals surface area (Å²) in [7, 11) is 0. The molecule has 134 valence electrons. The van der Waals surface area contributed by atoms with Gasteiger partial charge in [0.1, 0.15) is 5.75 Å². The lowest BCUT2D eigenvalue weighted by Crippen LogP contribution is -2.10. The van der Waals surface area contributed by atoms with Crippen molar-refractivity contribution in [1.82, 2.24) is 4.98 Å². The monoisotopic (exact) mass is 395 g/mol. The average Bonchev–Trinajstić information content (AvgIpc) is 2.63. The van der Waals surface area contributed by atoms with Gasteiger partial charge in [0, 0.05) is 15.4 Å². The second kappa shape index (κ2) is 6.76. The third-order valence-electron chi connectivity index (χ3n) is 4.63. The minimum atomic E-state index is -0.362. The molecule has 0 fully saturated rings. The molecule has 27 heavy (non-hydrogen) atoms. The van der Waals surface area contributed by atoms with Gasteiger partial charge in [0.25, 0.3) is 5.56 Å². The number of H-pyrrole nitrogens is 1. The molecule has 0 unspecified atom stereocenters. The standard InChI is InChI=1S/C22H15Cl2NO2/c1-12-2-3-14(13-4-6-15(23)7-5-13)10-18(12)20-21(26)17-9-8-16(24)11-19(17)25-22(20)27/h2-11H,1H3,(H2,25,26,27). The smallest absolute Gasteiger partial charge is 0.260 e. The number of halogens is 2. The first-order valence-corrected chi connectivity index (χ1v) is 9.11. The zero-order chi connectivity index (χ0) is 19.1. The summed E-state index contributed by atoms with van der Waals surface area (Å²) in [5, 5.41) is 12.5. The Labute approximate surface area is 165 Å². The number of hydrogen-bond donors (Lipinski definition) is 2. The molecule has 0 bridgehead atoms. The Bertz CT molecular complexity index is 1230. The molecule has 3 nitrogen and oxygen atoms in total. The van der Waals surface area contributed by atoms with E-state index in [1.165, 1.54) is 0 Å². The van der Waals surface area contributed by atoms with Crippen LogP contribution in [0.3, 0.4) is 0 Å². The maximum atomic E-state index is 12.7. The van der Waals surface area contributed by atoms with E-state index in [9.17, 15) is 9.90 Å². The Balaban J connectivity index is 1.96. The Hall–Kier alpha value is -2.75. The number of aryl methyl sites for hydroxylation is 1. The van der Waals surface area contributed by atoms with E-state index in [1.807, 2.05) is 49.4 Å². The maximum absolute atomic E-state index is 12.7. The van der Waals surface area contributed by atoms with Crippen LogP contribution in [-0.2, 0) is 0 Å². The molecule has 0 aliphatic heterocycles. The first-order valence-electron chi connectivity index (χ1n) is 8.35. The largest absolute Gasteiger partial charge is 0.506 e. The van der Waals surface area contributed by atoms with E-state index in [1.54, 1.807) is 18.2 Å². The van der Waals surface area contributed by atoms with Crippen LogP contribution >= 0.6 is 23.2 Å². The van der Waals surface area contributed by atoms with Gasteiger partial charge in [0.2, 0.25) is 0 Å². The van der Waals surface area contributed by atoms with Gasteiger partial charge in [-0.3, -0.25) is 4.79 Å². The highest BCUT2D eigenvalue weighted by Gasteiger charge is 2.16. The van der Waals surface area contributed by atoms with Crippen LogP contribution in [0.4, 0.5) is 0 Å². The van der Waals surface area contributed by atoms with Gasteiger partial charge in [-0.2, -0.15) is 0 Å². The van der Waals surface area contributed by atoms with Crippen molar-refractivity contribution >= 4 is 34.1 Å². The van der Waals surface area contributed by atoms with E-state index in [0.29, 0.717) is 26.5 Å². The third kappa shape index (κ3) is 3.20. The quantitative estimate of drug-likeness (QED) is 0.425. The number of nitrogens with one attached hydrogen (secondary N) is 1. The average molecular weight is 396 g/mol. The summed E-state index contributed by atoms with van der Waals surface area (Å²) < 4.78 is 0. The predicted octanol–water partition coefficient (Wildman–Crippen LogP) is 6.18. The van der Waals surface area contributed by atoms with E-state index >= 15 is 0 Å². The summed E-state index contributed by atoms with van der Waals surface area (Å²) in [5.74, 6) is -0.0539. The summed E-state index contributed by atoms with van der Waals surface area (Å²) in [4.78, 5) is 15.5. The van der Waals surface area contributed by atoms with Crippen molar-refractivity contribution in [2.75, 3.05) is 0 Å². The summed E-state index contributed by atoms with van der Waals surface area (Å²) in [6.45, 7) is 1.91. The van der Waals surface area contributed by atoms with Crippen LogP contribution in [0, 0.1) is 6.92 Å². The van der Waals surface area contributed by atoms with E-state index in [-0.39, 0.29) is 16.9 Å². The zero-order valence-corrected chi connectivity index (χ0v) is 15.9. The van der Waals surface area contributed by atoms with Crippen molar-refractivity contribution in [2.24, 2.45) is 0 Å². The molecular formula is C22H15Cl2NO2. The molecule has 0 saturated heterocycles. The molecule has 1 heterocycles. The van der Waals surface area contributed by atoms with Crippen LogP contribution in [-0.4, -0.2) is 10.1 Å². The van der Waals surface area contributed by atoms with Gasteiger partial charge in [-0.25, -0.2) is 0 Å². The van der Waals surface area contributed by atoms with Gasteiger partial charge in [-0.15, -0.1) is 0 Å². The van der Waals surface area contributed by atoms with Crippen LogP contribution in [0.2, 0.25) is 10.0 Å². The highest BCUT2D eigenvalue weighted by Crippen LogP contribution is 2.36. The summed E-state index contributed by atoms with van der Waals surface area (Å²) in [5.41, 5.74) is 3.86. The summed E-state index contributed by atoms with van der Waals surface area (Å²) >= 11 is 12.0. The molecular weight excluding hydrogens is 381 g/mol. The molecule has 4 aromatic rings. The molecule has 0 spiro atoms. The fourth-order valence-electron chi connectivity index (χ4n) is 3.22. The molecule has 0 saturated carbocycles. The fourth-order valence-corrected chi connectivity index (χ4v) is 3.51. The molecule has 4 rings (SSSR count). The van der Waals surface area contributed by atoms with Crippen molar-refractivity contribution < 1.29 is 5.11 Å². The van der Waals surface area contributed by atoms with Gasteiger partial charge in [0.05, 0.1) is 11.1 Å². The predicted molar refractivity (Wildman–Crippen MR) is 112 cm³/mol. The normalized spacial score (nSPS) is 11.1. The van der Waals surface area contributed by atoms with E-state index in [0.717, 1.165) is 16.7 Å². The first-order chi connectivity index (χ1) is 12.9. The van der Waals surface area contributed by atoms with Crippen LogP contribution in [0.25, 0.3) is 33.2 Å². The molecule has 0 amide bonds. The van der Waals surface area contributed by atoms with Gasteiger partial charge >= 0.3 is 0 Å². The summed E-state index contributed by atoms with van der Waals surface area (Å²) in [6, 6.07) is 18.3. The van der Waals surface area contributed by atoms with Crippen LogP contribution < -0.4 is 5.56 Å². The Morgan fingerprint density at radius 1 is 0.852 bits per heavy atom. The van der Waals surface area contributed by atoms with E-state index in [4.69, 9.17) is 23.2 Å². The number of fused-ring (bicyclic) bond motifs is 1. The molecule has 5 heteroatoms. The van der Waals surface area contributed by atoms with Crippen molar-refractivity contribution in [2.45, 2.75) is 6.92 Å². The molecule has 0 atom stereocenters. The lowest BCUT2D eigenvalue weighted by Gasteiger charge is -2.12. The minimum Gasteiger partial charge on any atom is -0.506 e. The second-order valence-electron chi connectivity index (χ2n) is 6.40. The number of hydrogen-bond acceptors (Lipinski definition) is 2. The Morgan fingerprint density at radius 2 is 1.52 bits per heavy atom. The lowest BCUT2D eigenvalue weighted by atomic mass is 9.94. The highest BCUT2D eigenvalue weighted by molar-refractivity contribution is 6.31. The van der Waals surface area contributed by atoms with Crippen LogP contribution in [0.5, 0.6) is 5.75 Å². The van der Waals surface area contributed by atoms with Gasteiger partial charge in [-0.05, 0) is 65.6 Å². The number of aromatic hydroxyl groups is 1. The first kappa shape index (κ1) is 17.7. The topological polar surface area (TPSA) is 53.1 Å². The number of pyridine rings is 1. The fraction of sp³-hybridized carbons (Fsp3) is 0.0455. The third-order valence-corrected chi connectivity index (χ3v) is 5.12. The molecule has 1 aromatic heterocycles. The van der Waals surface area contributed by atoms with E-state index < -0.39 is 0 Å². The van der Waals surface area contributed by atoms with Crippen molar-refractivity contribution in [3.63, 3.8) is 0 Å². The maximum Gasteiger partial charge on any atom is 0.260 e. The molecule has 3 aromatic carbocycles. The number of rotatable bonds is 2. The second-order valence-corrected chi connectivity index (χ2v) is 7.28. The van der Waals surface area contributed by atoms with E-state index in [2.05, 4.69) is 4.98 Å². The molecule has 0 aliphatic carbocycles. The van der Waals surface area contributed by atoms with Crippen molar-refractivity contribution in [3.05, 3.63) is 86.6 Å². The number of aromatic amines is 1. The minimum absolute atomic E-state index is 0.0539. The molecule has 0 radical (unpaired) electrons. The zero-order valence-electron chi connectivity index (χ0n) is 14.4. The van der Waals surface area contributed by atoms with Crippen molar-refractivity contribution in [1.29, 1.82) is 0 Å².